The minimum absolute atomic E-state index is 0.237. The Hall–Kier alpha value is -4.18. The van der Waals surface area contributed by atoms with Gasteiger partial charge in [0.05, 0.1) is 0 Å². The molecule has 1 aliphatic heterocycles. The number of nitrogens with zero attached hydrogens (tertiary/aromatic N) is 2. The average Bonchev–Trinajstić information content (AvgIpc) is 3.28. The molecule has 0 aliphatic carbocycles. The van der Waals surface area contributed by atoms with Crippen LogP contribution >= 0.6 is 0 Å². The van der Waals surface area contributed by atoms with Crippen molar-refractivity contribution in [3.8, 4) is 0 Å². The molecule has 0 fully saturated rings. The largest absolute Gasteiger partial charge is 0.439 e. The lowest BCUT2D eigenvalue weighted by atomic mass is 9.93. The van der Waals surface area contributed by atoms with Crippen LogP contribution in [0.1, 0.15) is 27.0 Å². The third-order valence-electron chi connectivity index (χ3n) is 5.30. The van der Waals surface area contributed by atoms with Gasteiger partial charge in [-0.1, -0.05) is 97.1 Å². The number of ether oxygens (including phenoxy) is 1. The quantitative estimate of drug-likeness (QED) is 0.456. The van der Waals surface area contributed by atoms with E-state index in [9.17, 15) is 4.79 Å². The first-order chi connectivity index (χ1) is 15.3. The molecule has 0 atom stereocenters. The van der Waals surface area contributed by atoms with E-state index in [-0.39, 0.29) is 5.91 Å². The van der Waals surface area contributed by atoms with Gasteiger partial charge >= 0.3 is 0 Å². The summed E-state index contributed by atoms with van der Waals surface area (Å²) in [6.45, 7) is 0. The van der Waals surface area contributed by atoms with Crippen molar-refractivity contribution in [3.63, 3.8) is 0 Å². The summed E-state index contributed by atoms with van der Waals surface area (Å²) in [6.07, 6.45) is 0. The molecule has 0 bridgehead atoms. The zero-order chi connectivity index (χ0) is 21.1. The van der Waals surface area contributed by atoms with Crippen molar-refractivity contribution in [2.24, 2.45) is 5.10 Å². The van der Waals surface area contributed by atoms with Gasteiger partial charge in [0.1, 0.15) is 0 Å². The molecule has 0 unspecified atom stereocenters. The van der Waals surface area contributed by atoms with Gasteiger partial charge in [-0.2, -0.15) is 5.01 Å². The van der Waals surface area contributed by atoms with Crippen molar-refractivity contribution in [1.82, 2.24) is 5.01 Å². The zero-order valence-corrected chi connectivity index (χ0v) is 16.8. The zero-order valence-electron chi connectivity index (χ0n) is 16.8. The SMILES string of the molecule is O=C(c1ccccc1)N1N=C(c2ccccc2)OC1(c1ccccc1)c1ccccc1. The molecular weight excluding hydrogens is 384 g/mol. The Morgan fingerprint density at radius 3 is 1.61 bits per heavy atom. The van der Waals surface area contributed by atoms with Crippen LogP contribution in [-0.2, 0) is 10.5 Å². The van der Waals surface area contributed by atoms with Crippen molar-refractivity contribution >= 4 is 11.8 Å². The Kier molecular flexibility index (Phi) is 4.81. The Bertz CT molecular complexity index is 1170. The van der Waals surface area contributed by atoms with Crippen LogP contribution in [0.25, 0.3) is 0 Å². The summed E-state index contributed by atoms with van der Waals surface area (Å²) in [4.78, 5) is 13.7. The molecule has 31 heavy (non-hydrogen) atoms. The van der Waals surface area contributed by atoms with Gasteiger partial charge < -0.3 is 4.74 Å². The lowest BCUT2D eigenvalue weighted by Gasteiger charge is -2.35. The van der Waals surface area contributed by atoms with Gasteiger partial charge in [-0.15, -0.1) is 5.10 Å². The van der Waals surface area contributed by atoms with Crippen LogP contribution in [0.5, 0.6) is 0 Å². The molecule has 0 aromatic heterocycles. The van der Waals surface area contributed by atoms with Gasteiger partial charge in [0.15, 0.2) is 0 Å². The minimum Gasteiger partial charge on any atom is -0.439 e. The summed E-state index contributed by atoms with van der Waals surface area (Å²) in [5.74, 6) is 0.164. The molecule has 4 nitrogen and oxygen atoms in total. The number of hydrogen-bond acceptors (Lipinski definition) is 3. The number of amides is 1. The van der Waals surface area contributed by atoms with Gasteiger partial charge in [0, 0.05) is 22.3 Å². The molecule has 0 saturated carbocycles. The van der Waals surface area contributed by atoms with E-state index in [2.05, 4.69) is 0 Å². The van der Waals surface area contributed by atoms with Gasteiger partial charge in [0.2, 0.25) is 5.90 Å². The van der Waals surface area contributed by atoms with E-state index in [0.29, 0.717) is 11.5 Å². The fraction of sp³-hybridized carbons (Fsp3) is 0.0370. The minimum atomic E-state index is -1.22. The van der Waals surface area contributed by atoms with Crippen LogP contribution in [0.2, 0.25) is 0 Å². The molecule has 0 radical (unpaired) electrons. The number of benzene rings is 4. The molecule has 4 aromatic rings. The maximum absolute atomic E-state index is 13.7. The lowest BCUT2D eigenvalue weighted by molar-refractivity contribution is -0.0190. The average molecular weight is 404 g/mol. The van der Waals surface area contributed by atoms with Gasteiger partial charge in [0.25, 0.3) is 11.6 Å². The van der Waals surface area contributed by atoms with E-state index in [1.165, 1.54) is 5.01 Å². The van der Waals surface area contributed by atoms with Gasteiger partial charge in [-0.3, -0.25) is 4.79 Å². The van der Waals surface area contributed by atoms with Gasteiger partial charge in [-0.25, -0.2) is 0 Å². The van der Waals surface area contributed by atoms with E-state index >= 15 is 0 Å². The molecule has 5 rings (SSSR count). The highest BCUT2D eigenvalue weighted by molar-refractivity contribution is 6.01. The first-order valence-corrected chi connectivity index (χ1v) is 10.1. The second kappa shape index (κ2) is 7.92. The molecule has 0 spiro atoms. The first-order valence-electron chi connectivity index (χ1n) is 10.1. The Balaban J connectivity index is 1.74. The fourth-order valence-electron chi connectivity index (χ4n) is 3.81. The van der Waals surface area contributed by atoms with Crippen molar-refractivity contribution < 1.29 is 9.53 Å². The summed E-state index contributed by atoms with van der Waals surface area (Å²) < 4.78 is 6.62. The highest BCUT2D eigenvalue weighted by Crippen LogP contribution is 2.43. The topological polar surface area (TPSA) is 41.9 Å². The smallest absolute Gasteiger partial charge is 0.278 e. The van der Waals surface area contributed by atoms with Crippen molar-refractivity contribution in [1.29, 1.82) is 0 Å². The summed E-state index contributed by atoms with van der Waals surface area (Å²) in [5.41, 5.74) is 1.77. The van der Waals surface area contributed by atoms with E-state index in [0.717, 1.165) is 16.7 Å². The predicted octanol–water partition coefficient (Wildman–Crippen LogP) is 5.42. The first kappa shape index (κ1) is 18.8. The normalized spacial score (nSPS) is 14.6. The van der Waals surface area contributed by atoms with Crippen molar-refractivity contribution in [3.05, 3.63) is 144 Å². The van der Waals surface area contributed by atoms with Crippen LogP contribution in [0.3, 0.4) is 0 Å². The van der Waals surface area contributed by atoms with E-state index in [1.807, 2.05) is 109 Å². The maximum Gasteiger partial charge on any atom is 0.278 e. The monoisotopic (exact) mass is 404 g/mol. The third kappa shape index (κ3) is 3.28. The van der Waals surface area contributed by atoms with Crippen LogP contribution in [0.4, 0.5) is 0 Å². The van der Waals surface area contributed by atoms with E-state index < -0.39 is 5.72 Å². The molecular formula is C27H20N2O2. The van der Waals surface area contributed by atoms with E-state index in [4.69, 9.17) is 9.84 Å². The maximum atomic E-state index is 13.7. The highest BCUT2D eigenvalue weighted by atomic mass is 16.6. The number of hydrogen-bond donors (Lipinski definition) is 0. The van der Waals surface area contributed by atoms with Crippen LogP contribution in [-0.4, -0.2) is 16.8 Å². The molecule has 1 amide bonds. The number of hydrazone groups is 1. The molecule has 4 aromatic carbocycles. The lowest BCUT2D eigenvalue weighted by Crippen LogP contribution is -2.46. The predicted molar refractivity (Wildman–Crippen MR) is 120 cm³/mol. The van der Waals surface area contributed by atoms with E-state index in [1.54, 1.807) is 12.1 Å². The van der Waals surface area contributed by atoms with Crippen molar-refractivity contribution in [2.75, 3.05) is 0 Å². The second-order valence-corrected chi connectivity index (χ2v) is 7.23. The fourth-order valence-corrected chi connectivity index (χ4v) is 3.81. The summed E-state index contributed by atoms with van der Waals surface area (Å²) in [7, 11) is 0. The summed E-state index contributed by atoms with van der Waals surface area (Å²) in [5, 5.41) is 6.19. The molecule has 150 valence electrons. The van der Waals surface area contributed by atoms with Crippen LogP contribution in [0, 0.1) is 0 Å². The second-order valence-electron chi connectivity index (χ2n) is 7.23. The molecule has 0 N–H and O–H groups in total. The van der Waals surface area contributed by atoms with Crippen LogP contribution < -0.4 is 0 Å². The summed E-state index contributed by atoms with van der Waals surface area (Å²) >= 11 is 0. The molecule has 1 heterocycles. The number of carbonyl (C=O) groups excluding carboxylic acids is 1. The summed E-state index contributed by atoms with van der Waals surface area (Å²) in [6, 6.07) is 38.3. The van der Waals surface area contributed by atoms with Crippen LogP contribution in [0.15, 0.2) is 126 Å². The van der Waals surface area contributed by atoms with Crippen molar-refractivity contribution in [2.45, 2.75) is 5.72 Å². The number of rotatable bonds is 4. The standard InChI is InChI=1S/C27H20N2O2/c30-26(22-15-7-2-8-16-22)29-27(23-17-9-3-10-18-23,24-19-11-4-12-20-24)31-25(28-29)21-13-5-1-6-14-21/h1-20H. The Morgan fingerprint density at radius 2 is 1.10 bits per heavy atom. The third-order valence-corrected chi connectivity index (χ3v) is 5.30. The Morgan fingerprint density at radius 1 is 0.645 bits per heavy atom. The molecule has 4 heteroatoms. The number of carbonyl (C=O) groups is 1. The van der Waals surface area contributed by atoms with Gasteiger partial charge in [-0.05, 0) is 24.3 Å². The Labute approximate surface area is 181 Å². The molecule has 0 saturated heterocycles. The highest BCUT2D eigenvalue weighted by Gasteiger charge is 2.51. The molecule has 1 aliphatic rings.